The third-order valence-electron chi connectivity index (χ3n) is 4.98. The molecule has 2 N–H and O–H groups in total. The van der Waals surface area contributed by atoms with Gasteiger partial charge in [0.2, 0.25) is 5.91 Å². The van der Waals surface area contributed by atoms with Crippen LogP contribution in [0.25, 0.3) is 0 Å². The zero-order valence-corrected chi connectivity index (χ0v) is 15.9. The van der Waals surface area contributed by atoms with Gasteiger partial charge in [-0.05, 0) is 55.0 Å². The minimum Gasteiger partial charge on any atom is -0.497 e. The van der Waals surface area contributed by atoms with Crippen LogP contribution in [-0.4, -0.2) is 24.1 Å². The molecule has 3 unspecified atom stereocenters. The molecule has 1 fully saturated rings. The number of aliphatic carboxylic acids is 1. The molecule has 1 aliphatic carbocycles. The van der Waals surface area contributed by atoms with Gasteiger partial charge in [0.15, 0.2) is 0 Å². The smallest absolute Gasteiger partial charge is 0.306 e. The van der Waals surface area contributed by atoms with Crippen molar-refractivity contribution >= 4 is 23.2 Å². The zero-order chi connectivity index (χ0) is 18.9. The Bertz CT molecular complexity index is 831. The van der Waals surface area contributed by atoms with Crippen molar-refractivity contribution in [3.8, 4) is 5.75 Å². The Morgan fingerprint density at radius 1 is 1.38 bits per heavy atom. The number of carboxylic acids is 1. The third-order valence-corrected chi connectivity index (χ3v) is 6.13. The molecule has 1 saturated carbocycles. The summed E-state index contributed by atoms with van der Waals surface area (Å²) in [5.41, 5.74) is 0.947. The van der Waals surface area contributed by atoms with Gasteiger partial charge in [0.1, 0.15) is 5.75 Å². The average Bonchev–Trinajstić information content (AvgIpc) is 3.28. The highest BCUT2D eigenvalue weighted by atomic mass is 32.1. The van der Waals surface area contributed by atoms with Gasteiger partial charge in [0.05, 0.1) is 19.1 Å². The molecule has 1 heterocycles. The molecule has 1 amide bonds. The normalized spacial score (nSPS) is 20.9. The lowest BCUT2D eigenvalue weighted by molar-refractivity contribution is -0.139. The van der Waals surface area contributed by atoms with E-state index >= 15 is 0 Å². The Morgan fingerprint density at radius 2 is 2.15 bits per heavy atom. The number of methoxy groups -OCH3 is 1. The number of nitrogens with one attached hydrogen (secondary N) is 1. The van der Waals surface area contributed by atoms with E-state index in [1.54, 1.807) is 43.6 Å². The monoisotopic (exact) mass is 373 g/mol. The highest BCUT2D eigenvalue weighted by Gasteiger charge is 2.47. The van der Waals surface area contributed by atoms with Crippen LogP contribution in [-0.2, 0) is 15.1 Å². The predicted octanol–water partition coefficient (Wildman–Crippen LogP) is 3.67. The maximum absolute atomic E-state index is 12.8. The van der Waals surface area contributed by atoms with Gasteiger partial charge < -0.3 is 15.2 Å². The molecule has 3 atom stereocenters. The maximum Gasteiger partial charge on any atom is 0.306 e. The van der Waals surface area contributed by atoms with Gasteiger partial charge in [0.25, 0.3) is 0 Å². The van der Waals surface area contributed by atoms with E-state index < -0.39 is 11.5 Å². The van der Waals surface area contributed by atoms with E-state index in [9.17, 15) is 14.7 Å². The lowest BCUT2D eigenvalue weighted by Gasteiger charge is -2.30. The molecule has 0 radical (unpaired) electrons. The average molecular weight is 373 g/mol. The summed E-state index contributed by atoms with van der Waals surface area (Å²) < 4.78 is 5.24. The molecule has 1 aliphatic rings. The Balaban J connectivity index is 1.79. The van der Waals surface area contributed by atoms with Crippen LogP contribution in [0.1, 0.15) is 41.7 Å². The molecule has 138 valence electrons. The lowest BCUT2D eigenvalue weighted by Crippen LogP contribution is -2.45. The minimum atomic E-state index is -0.991. The van der Waals surface area contributed by atoms with Crippen LogP contribution in [0, 0.1) is 12.8 Å². The molecule has 0 bridgehead atoms. The van der Waals surface area contributed by atoms with Gasteiger partial charge in [-0.15, -0.1) is 11.3 Å². The van der Waals surface area contributed by atoms with Crippen LogP contribution >= 0.6 is 11.3 Å². The lowest BCUT2D eigenvalue weighted by atomic mass is 9.88. The summed E-state index contributed by atoms with van der Waals surface area (Å²) in [7, 11) is 1.56. The van der Waals surface area contributed by atoms with E-state index in [-0.39, 0.29) is 24.2 Å². The molecule has 26 heavy (non-hydrogen) atoms. The molecular weight excluding hydrogens is 350 g/mol. The molecule has 0 saturated heterocycles. The van der Waals surface area contributed by atoms with Crippen molar-refractivity contribution in [2.75, 3.05) is 7.11 Å². The fraction of sp³-hybridized carbons (Fsp3) is 0.400. The second-order valence-electron chi connectivity index (χ2n) is 7.04. The molecule has 5 nitrogen and oxygen atoms in total. The van der Waals surface area contributed by atoms with Crippen LogP contribution in [0.2, 0.25) is 0 Å². The fourth-order valence-electron chi connectivity index (χ4n) is 3.39. The van der Waals surface area contributed by atoms with E-state index in [0.717, 1.165) is 12.0 Å². The van der Waals surface area contributed by atoms with Crippen molar-refractivity contribution in [2.24, 2.45) is 5.92 Å². The topological polar surface area (TPSA) is 75.6 Å². The molecule has 1 aromatic carbocycles. The van der Waals surface area contributed by atoms with E-state index in [1.165, 1.54) is 10.4 Å². The number of ether oxygens (including phenoxy) is 1. The molecule has 6 heteroatoms. The largest absolute Gasteiger partial charge is 0.497 e. The van der Waals surface area contributed by atoms with Crippen molar-refractivity contribution in [3.05, 3.63) is 51.7 Å². The molecule has 2 aromatic rings. The quantitative estimate of drug-likeness (QED) is 0.776. The van der Waals surface area contributed by atoms with Gasteiger partial charge >= 0.3 is 5.97 Å². The Labute approximate surface area is 157 Å². The zero-order valence-electron chi connectivity index (χ0n) is 15.1. The first-order valence-electron chi connectivity index (χ1n) is 8.56. The summed E-state index contributed by atoms with van der Waals surface area (Å²) in [6.45, 7) is 3.81. The number of thiophene rings is 1. The Morgan fingerprint density at radius 3 is 2.77 bits per heavy atom. The maximum atomic E-state index is 12.8. The van der Waals surface area contributed by atoms with Gasteiger partial charge in [-0.2, -0.15) is 0 Å². The van der Waals surface area contributed by atoms with E-state index in [2.05, 4.69) is 18.3 Å². The van der Waals surface area contributed by atoms with Crippen molar-refractivity contribution in [1.29, 1.82) is 0 Å². The fourth-order valence-corrected chi connectivity index (χ4v) is 4.50. The standard InChI is InChI=1S/C20H23NO4S/c1-12-7-8-26-18(12)15-10-16(15)19(24)21-20(2,11-17(22)23)13-5-4-6-14(9-13)25-3/h4-9,15-16H,10-11H2,1-3H3,(H,21,24)(H,22,23). The number of aryl methyl sites for hydroxylation is 1. The van der Waals surface area contributed by atoms with Crippen molar-refractivity contribution < 1.29 is 19.4 Å². The van der Waals surface area contributed by atoms with Crippen molar-refractivity contribution in [1.82, 2.24) is 5.32 Å². The van der Waals surface area contributed by atoms with Crippen LogP contribution < -0.4 is 10.1 Å². The highest BCUT2D eigenvalue weighted by Crippen LogP contribution is 2.50. The van der Waals surface area contributed by atoms with Gasteiger partial charge in [0, 0.05) is 16.7 Å². The number of hydrogen-bond donors (Lipinski definition) is 2. The number of rotatable bonds is 7. The predicted molar refractivity (Wildman–Crippen MR) is 101 cm³/mol. The summed E-state index contributed by atoms with van der Waals surface area (Å²) in [6, 6.07) is 9.26. The summed E-state index contributed by atoms with van der Waals surface area (Å²) in [4.78, 5) is 25.5. The highest BCUT2D eigenvalue weighted by molar-refractivity contribution is 7.10. The van der Waals surface area contributed by atoms with Crippen LogP contribution in [0.15, 0.2) is 35.7 Å². The number of amides is 1. The van der Waals surface area contributed by atoms with Crippen molar-refractivity contribution in [2.45, 2.75) is 38.1 Å². The first kappa shape index (κ1) is 18.5. The molecule has 3 rings (SSSR count). The second kappa shape index (κ2) is 7.11. The molecular formula is C20H23NO4S. The van der Waals surface area contributed by atoms with Crippen LogP contribution in [0.4, 0.5) is 0 Å². The number of hydrogen-bond acceptors (Lipinski definition) is 4. The summed E-state index contributed by atoms with van der Waals surface area (Å²) in [6.07, 6.45) is 0.621. The van der Waals surface area contributed by atoms with Gasteiger partial charge in [-0.25, -0.2) is 0 Å². The molecule has 0 aliphatic heterocycles. The Kier molecular flexibility index (Phi) is 5.05. The van der Waals surface area contributed by atoms with Gasteiger partial charge in [-0.1, -0.05) is 12.1 Å². The third kappa shape index (κ3) is 3.75. The van der Waals surface area contributed by atoms with E-state index in [1.807, 2.05) is 11.4 Å². The minimum absolute atomic E-state index is 0.0885. The number of benzene rings is 1. The van der Waals surface area contributed by atoms with Crippen molar-refractivity contribution in [3.63, 3.8) is 0 Å². The number of carboxylic acid groups (broad SMARTS) is 1. The van der Waals surface area contributed by atoms with Crippen LogP contribution in [0.3, 0.4) is 0 Å². The SMILES string of the molecule is COc1cccc(C(C)(CC(=O)O)NC(=O)C2CC2c2sccc2C)c1. The molecule has 1 aromatic heterocycles. The first-order valence-corrected chi connectivity index (χ1v) is 9.44. The number of carbonyl (C=O) groups is 2. The Hall–Kier alpha value is -2.34. The number of carbonyl (C=O) groups excluding carboxylic acids is 1. The van der Waals surface area contributed by atoms with Crippen LogP contribution in [0.5, 0.6) is 5.75 Å². The summed E-state index contributed by atoms with van der Waals surface area (Å²) >= 11 is 1.68. The van der Waals surface area contributed by atoms with E-state index in [0.29, 0.717) is 5.75 Å². The first-order chi connectivity index (χ1) is 12.3. The second-order valence-corrected chi connectivity index (χ2v) is 7.99. The summed E-state index contributed by atoms with van der Waals surface area (Å²) in [5, 5.41) is 14.4. The molecule has 0 spiro atoms. The summed E-state index contributed by atoms with van der Waals surface area (Å²) in [5.74, 6) is -0.265. The van der Waals surface area contributed by atoms with E-state index in [4.69, 9.17) is 4.74 Å². The van der Waals surface area contributed by atoms with Gasteiger partial charge in [-0.3, -0.25) is 9.59 Å².